The Morgan fingerprint density at radius 2 is 2.13 bits per heavy atom. The molecule has 0 spiro atoms. The van der Waals surface area contributed by atoms with Gasteiger partial charge in [-0.3, -0.25) is 0 Å². The Labute approximate surface area is 135 Å². The predicted octanol–water partition coefficient (Wildman–Crippen LogP) is 3.30. The van der Waals surface area contributed by atoms with Crippen molar-refractivity contribution < 1.29 is 14.6 Å². The average molecular weight is 314 g/mol. The molecular formula is C18H22N2O3. The molecule has 1 amide bonds. The van der Waals surface area contributed by atoms with Gasteiger partial charge in [-0.2, -0.15) is 0 Å². The van der Waals surface area contributed by atoms with Crippen LogP contribution < -0.4 is 15.4 Å². The average Bonchev–Trinajstić information content (AvgIpc) is 3.35. The quantitative estimate of drug-likeness (QED) is 0.686. The first-order chi connectivity index (χ1) is 11.1. The molecule has 3 rings (SSSR count). The number of carboxylic acid groups (broad SMARTS) is 1. The van der Waals surface area contributed by atoms with Crippen molar-refractivity contribution >= 4 is 16.9 Å². The Balaban J connectivity index is 1.79. The fraction of sp³-hybridized carbons (Fsp3) is 0.389. The van der Waals surface area contributed by atoms with E-state index in [4.69, 9.17) is 9.84 Å². The van der Waals surface area contributed by atoms with Gasteiger partial charge >= 0.3 is 6.09 Å². The van der Waals surface area contributed by atoms with Crippen LogP contribution in [-0.4, -0.2) is 30.4 Å². The summed E-state index contributed by atoms with van der Waals surface area (Å²) in [6, 6.07) is 13.3. The molecule has 1 saturated carbocycles. The normalized spacial score (nSPS) is 15.3. The Morgan fingerprint density at radius 1 is 1.35 bits per heavy atom. The SMILES string of the molecule is CC(NC1CC1)c1cc(OCCNC(=O)O)c2ccccc2c1. The number of amides is 1. The van der Waals surface area contributed by atoms with E-state index in [9.17, 15) is 4.79 Å². The topological polar surface area (TPSA) is 70.6 Å². The molecule has 2 aromatic carbocycles. The van der Waals surface area contributed by atoms with E-state index in [-0.39, 0.29) is 12.6 Å². The molecule has 0 radical (unpaired) electrons. The lowest BCUT2D eigenvalue weighted by Gasteiger charge is -2.17. The largest absolute Gasteiger partial charge is 0.491 e. The molecule has 0 aromatic heterocycles. The molecule has 3 N–H and O–H groups in total. The molecule has 1 aliphatic rings. The second kappa shape index (κ2) is 6.87. The van der Waals surface area contributed by atoms with Gasteiger partial charge in [0.15, 0.2) is 0 Å². The molecule has 1 fully saturated rings. The molecule has 1 atom stereocenters. The van der Waals surface area contributed by atoms with Crippen LogP contribution in [0, 0.1) is 0 Å². The first kappa shape index (κ1) is 15.6. The maximum Gasteiger partial charge on any atom is 0.404 e. The van der Waals surface area contributed by atoms with Gasteiger partial charge in [-0.05, 0) is 42.8 Å². The van der Waals surface area contributed by atoms with E-state index in [0.717, 1.165) is 16.5 Å². The maximum absolute atomic E-state index is 10.5. The molecule has 1 aliphatic carbocycles. The monoisotopic (exact) mass is 314 g/mol. The smallest absolute Gasteiger partial charge is 0.404 e. The summed E-state index contributed by atoms with van der Waals surface area (Å²) >= 11 is 0. The van der Waals surface area contributed by atoms with E-state index < -0.39 is 6.09 Å². The highest BCUT2D eigenvalue weighted by molar-refractivity contribution is 5.89. The first-order valence-electron chi connectivity index (χ1n) is 8.02. The minimum absolute atomic E-state index is 0.268. The number of hydrogen-bond donors (Lipinski definition) is 3. The van der Waals surface area contributed by atoms with E-state index in [1.54, 1.807) is 0 Å². The summed E-state index contributed by atoms with van der Waals surface area (Å²) < 4.78 is 5.83. The van der Waals surface area contributed by atoms with E-state index in [1.165, 1.54) is 18.4 Å². The van der Waals surface area contributed by atoms with Crippen LogP contribution >= 0.6 is 0 Å². The summed E-state index contributed by atoms with van der Waals surface area (Å²) in [6.45, 7) is 2.74. The zero-order valence-corrected chi connectivity index (χ0v) is 13.2. The number of rotatable bonds is 7. The highest BCUT2D eigenvalue weighted by Crippen LogP contribution is 2.31. The number of fused-ring (bicyclic) bond motifs is 1. The van der Waals surface area contributed by atoms with Crippen molar-refractivity contribution in [3.05, 3.63) is 42.0 Å². The van der Waals surface area contributed by atoms with Gasteiger partial charge in [0.1, 0.15) is 12.4 Å². The van der Waals surface area contributed by atoms with Crippen molar-refractivity contribution in [2.75, 3.05) is 13.2 Å². The van der Waals surface area contributed by atoms with Crippen molar-refractivity contribution in [3.63, 3.8) is 0 Å². The van der Waals surface area contributed by atoms with Crippen LogP contribution in [0.2, 0.25) is 0 Å². The summed E-state index contributed by atoms with van der Waals surface area (Å²) in [5.41, 5.74) is 1.19. The van der Waals surface area contributed by atoms with E-state index in [2.05, 4.69) is 35.8 Å². The fourth-order valence-corrected chi connectivity index (χ4v) is 2.69. The third kappa shape index (κ3) is 4.13. The third-order valence-corrected chi connectivity index (χ3v) is 4.05. The van der Waals surface area contributed by atoms with Crippen LogP contribution in [0.1, 0.15) is 31.4 Å². The molecule has 23 heavy (non-hydrogen) atoms. The predicted molar refractivity (Wildman–Crippen MR) is 90.0 cm³/mol. The lowest BCUT2D eigenvalue weighted by molar-refractivity contribution is 0.191. The highest BCUT2D eigenvalue weighted by Gasteiger charge is 2.23. The summed E-state index contributed by atoms with van der Waals surface area (Å²) in [6.07, 6.45) is 1.47. The number of benzene rings is 2. The van der Waals surface area contributed by atoms with Crippen molar-refractivity contribution in [2.24, 2.45) is 0 Å². The van der Waals surface area contributed by atoms with Crippen molar-refractivity contribution in [1.29, 1.82) is 0 Å². The van der Waals surface area contributed by atoms with Gasteiger partial charge < -0.3 is 20.5 Å². The molecule has 5 heteroatoms. The second-order valence-corrected chi connectivity index (χ2v) is 5.98. The van der Waals surface area contributed by atoms with Crippen LogP contribution in [0.5, 0.6) is 5.75 Å². The molecular weight excluding hydrogens is 292 g/mol. The van der Waals surface area contributed by atoms with Gasteiger partial charge in [-0.25, -0.2) is 4.79 Å². The van der Waals surface area contributed by atoms with Gasteiger partial charge in [0.25, 0.3) is 0 Å². The van der Waals surface area contributed by atoms with Gasteiger partial charge in [-0.1, -0.05) is 24.3 Å². The number of carbonyl (C=O) groups is 1. The van der Waals surface area contributed by atoms with Crippen LogP contribution in [0.15, 0.2) is 36.4 Å². The maximum atomic E-state index is 10.5. The van der Waals surface area contributed by atoms with Gasteiger partial charge in [0.05, 0.1) is 6.54 Å². The Hall–Kier alpha value is -2.27. The fourth-order valence-electron chi connectivity index (χ4n) is 2.69. The Morgan fingerprint density at radius 3 is 2.87 bits per heavy atom. The molecule has 2 aromatic rings. The minimum Gasteiger partial charge on any atom is -0.491 e. The zero-order valence-electron chi connectivity index (χ0n) is 13.2. The molecule has 0 heterocycles. The molecule has 0 saturated heterocycles. The van der Waals surface area contributed by atoms with E-state index in [0.29, 0.717) is 12.6 Å². The Kier molecular flexibility index (Phi) is 4.67. The Bertz CT molecular complexity index is 698. The molecule has 0 aliphatic heterocycles. The third-order valence-electron chi connectivity index (χ3n) is 4.05. The second-order valence-electron chi connectivity index (χ2n) is 5.98. The van der Waals surface area contributed by atoms with Crippen LogP contribution in [0.4, 0.5) is 4.79 Å². The molecule has 1 unspecified atom stereocenters. The first-order valence-corrected chi connectivity index (χ1v) is 8.02. The van der Waals surface area contributed by atoms with E-state index in [1.807, 2.05) is 18.2 Å². The summed E-state index contributed by atoms with van der Waals surface area (Å²) in [5, 5.41) is 16.7. The summed E-state index contributed by atoms with van der Waals surface area (Å²) in [4.78, 5) is 10.5. The zero-order chi connectivity index (χ0) is 16.2. The van der Waals surface area contributed by atoms with E-state index >= 15 is 0 Å². The molecule has 0 bridgehead atoms. The van der Waals surface area contributed by atoms with Gasteiger partial charge in [0.2, 0.25) is 0 Å². The highest BCUT2D eigenvalue weighted by atomic mass is 16.5. The lowest BCUT2D eigenvalue weighted by atomic mass is 10.0. The number of hydrogen-bond acceptors (Lipinski definition) is 3. The summed E-state index contributed by atoms with van der Waals surface area (Å²) in [7, 11) is 0. The van der Waals surface area contributed by atoms with Gasteiger partial charge in [0, 0.05) is 17.5 Å². The summed E-state index contributed by atoms with van der Waals surface area (Å²) in [5.74, 6) is 0.801. The number of nitrogens with one attached hydrogen (secondary N) is 2. The molecule has 122 valence electrons. The van der Waals surface area contributed by atoms with Crippen LogP contribution in [0.25, 0.3) is 10.8 Å². The molecule has 5 nitrogen and oxygen atoms in total. The van der Waals surface area contributed by atoms with Crippen LogP contribution in [-0.2, 0) is 0 Å². The van der Waals surface area contributed by atoms with Crippen molar-refractivity contribution in [2.45, 2.75) is 31.8 Å². The van der Waals surface area contributed by atoms with Crippen molar-refractivity contribution in [3.8, 4) is 5.75 Å². The minimum atomic E-state index is -1.03. The standard InChI is InChI=1S/C18H22N2O3/c1-12(20-15-6-7-15)14-10-13-4-2-3-5-16(13)17(11-14)23-9-8-19-18(21)22/h2-5,10-12,15,19-20H,6-9H2,1H3,(H,21,22). The van der Waals surface area contributed by atoms with Gasteiger partial charge in [-0.15, -0.1) is 0 Å². The van der Waals surface area contributed by atoms with Crippen molar-refractivity contribution in [1.82, 2.24) is 10.6 Å². The van der Waals surface area contributed by atoms with Crippen LogP contribution in [0.3, 0.4) is 0 Å². The lowest BCUT2D eigenvalue weighted by Crippen LogP contribution is -2.26. The number of ether oxygens (including phenoxy) is 1.